The fraction of sp³-hybridized carbons (Fsp3) is 1.00. The van der Waals surface area contributed by atoms with Gasteiger partial charge in [0.25, 0.3) is 0 Å². The van der Waals surface area contributed by atoms with Crippen LogP contribution in [0, 0.1) is 11.3 Å². The molecule has 1 nitrogen and oxygen atoms in total. The standard InChI is InChI=1S/C15H29N/c1-14(2,3)16-12-13-11-15(13)9-7-5-4-6-8-10-15/h13,16H,4-12H2,1-3H3. The molecule has 94 valence electrons. The first-order chi connectivity index (χ1) is 7.52. The lowest BCUT2D eigenvalue weighted by Crippen LogP contribution is -2.37. The molecule has 1 N–H and O–H groups in total. The van der Waals surface area contributed by atoms with E-state index in [0.717, 1.165) is 11.3 Å². The van der Waals surface area contributed by atoms with Gasteiger partial charge in [0.2, 0.25) is 0 Å². The first-order valence-corrected chi connectivity index (χ1v) is 7.27. The van der Waals surface area contributed by atoms with Gasteiger partial charge in [-0.15, -0.1) is 0 Å². The largest absolute Gasteiger partial charge is 0.312 e. The first-order valence-electron chi connectivity index (χ1n) is 7.27. The van der Waals surface area contributed by atoms with Crippen molar-refractivity contribution >= 4 is 0 Å². The van der Waals surface area contributed by atoms with Gasteiger partial charge in [-0.3, -0.25) is 0 Å². The molecule has 0 aromatic carbocycles. The Morgan fingerprint density at radius 3 is 2.12 bits per heavy atom. The molecule has 0 amide bonds. The Kier molecular flexibility index (Phi) is 3.63. The summed E-state index contributed by atoms with van der Waals surface area (Å²) in [5.74, 6) is 0.991. The zero-order valence-electron chi connectivity index (χ0n) is 11.4. The molecule has 0 bridgehead atoms. The molecule has 0 aromatic heterocycles. The Morgan fingerprint density at radius 2 is 1.56 bits per heavy atom. The zero-order valence-corrected chi connectivity index (χ0v) is 11.4. The third-order valence-corrected chi connectivity index (χ3v) is 4.59. The van der Waals surface area contributed by atoms with E-state index in [2.05, 4.69) is 26.1 Å². The van der Waals surface area contributed by atoms with Gasteiger partial charge in [-0.1, -0.05) is 32.1 Å². The Balaban J connectivity index is 1.78. The van der Waals surface area contributed by atoms with E-state index in [1.807, 2.05) is 0 Å². The van der Waals surface area contributed by atoms with Crippen LogP contribution < -0.4 is 5.32 Å². The highest BCUT2D eigenvalue weighted by Gasteiger charge is 2.52. The Labute approximate surface area is 101 Å². The van der Waals surface area contributed by atoms with E-state index in [4.69, 9.17) is 0 Å². The number of hydrogen-bond acceptors (Lipinski definition) is 1. The minimum Gasteiger partial charge on any atom is -0.312 e. The van der Waals surface area contributed by atoms with Crippen LogP contribution in [0.4, 0.5) is 0 Å². The van der Waals surface area contributed by atoms with Gasteiger partial charge in [0.05, 0.1) is 0 Å². The van der Waals surface area contributed by atoms with Gasteiger partial charge in [0, 0.05) is 5.54 Å². The summed E-state index contributed by atoms with van der Waals surface area (Å²) >= 11 is 0. The predicted molar refractivity (Wildman–Crippen MR) is 70.6 cm³/mol. The van der Waals surface area contributed by atoms with E-state index in [1.54, 1.807) is 0 Å². The molecule has 1 spiro atoms. The van der Waals surface area contributed by atoms with Crippen LogP contribution in [0.25, 0.3) is 0 Å². The highest BCUT2D eigenvalue weighted by atomic mass is 15.0. The SMILES string of the molecule is CC(C)(C)NCC1CC12CCCCCCC2. The van der Waals surface area contributed by atoms with Crippen molar-refractivity contribution in [1.82, 2.24) is 5.32 Å². The van der Waals surface area contributed by atoms with Crippen LogP contribution in [0.3, 0.4) is 0 Å². The van der Waals surface area contributed by atoms with Crippen LogP contribution >= 0.6 is 0 Å². The van der Waals surface area contributed by atoms with Crippen molar-refractivity contribution in [3.63, 3.8) is 0 Å². The predicted octanol–water partition coefficient (Wildman–Crippen LogP) is 4.13. The smallest absolute Gasteiger partial charge is 0.00966 e. The second-order valence-corrected chi connectivity index (χ2v) is 7.16. The first kappa shape index (κ1) is 12.4. The molecule has 0 saturated heterocycles. The monoisotopic (exact) mass is 223 g/mol. The molecule has 0 aromatic rings. The second kappa shape index (κ2) is 4.68. The summed E-state index contributed by atoms with van der Waals surface area (Å²) in [5, 5.41) is 3.69. The molecule has 16 heavy (non-hydrogen) atoms. The maximum absolute atomic E-state index is 3.69. The van der Waals surface area contributed by atoms with Crippen LogP contribution in [0.15, 0.2) is 0 Å². The molecule has 0 heterocycles. The van der Waals surface area contributed by atoms with Crippen LogP contribution in [0.1, 0.15) is 72.1 Å². The minimum atomic E-state index is 0.297. The summed E-state index contributed by atoms with van der Waals surface area (Å²) < 4.78 is 0. The van der Waals surface area contributed by atoms with E-state index in [0.29, 0.717) is 5.54 Å². The van der Waals surface area contributed by atoms with Crippen LogP contribution in [-0.4, -0.2) is 12.1 Å². The van der Waals surface area contributed by atoms with E-state index < -0.39 is 0 Å². The van der Waals surface area contributed by atoms with E-state index in [-0.39, 0.29) is 0 Å². The lowest BCUT2D eigenvalue weighted by Gasteiger charge is -2.24. The third-order valence-electron chi connectivity index (χ3n) is 4.59. The molecule has 2 aliphatic carbocycles. The molecule has 2 fully saturated rings. The van der Waals surface area contributed by atoms with Crippen molar-refractivity contribution in [3.05, 3.63) is 0 Å². The summed E-state index contributed by atoms with van der Waals surface area (Å²) in [7, 11) is 0. The van der Waals surface area contributed by atoms with Crippen molar-refractivity contribution in [2.45, 2.75) is 77.7 Å². The number of nitrogens with one attached hydrogen (secondary N) is 1. The van der Waals surface area contributed by atoms with Gasteiger partial charge in [0.1, 0.15) is 0 Å². The summed E-state index contributed by atoms with van der Waals surface area (Å²) in [6.07, 6.45) is 12.0. The van der Waals surface area contributed by atoms with Crippen molar-refractivity contribution in [1.29, 1.82) is 0 Å². The van der Waals surface area contributed by atoms with Crippen LogP contribution in [0.2, 0.25) is 0 Å². The fourth-order valence-corrected chi connectivity index (χ4v) is 3.37. The normalized spacial score (nSPS) is 29.8. The highest BCUT2D eigenvalue weighted by molar-refractivity contribution is 5.03. The zero-order chi connectivity index (χ0) is 11.6. The van der Waals surface area contributed by atoms with Crippen molar-refractivity contribution in [2.75, 3.05) is 6.54 Å². The summed E-state index contributed by atoms with van der Waals surface area (Å²) in [6, 6.07) is 0. The lowest BCUT2D eigenvalue weighted by atomic mass is 9.86. The molecule has 2 rings (SSSR count). The molecular weight excluding hydrogens is 194 g/mol. The van der Waals surface area contributed by atoms with Gasteiger partial charge >= 0.3 is 0 Å². The molecule has 1 unspecified atom stereocenters. The Hall–Kier alpha value is -0.0400. The maximum Gasteiger partial charge on any atom is 0.00966 e. The quantitative estimate of drug-likeness (QED) is 0.742. The summed E-state index contributed by atoms with van der Waals surface area (Å²) in [6.45, 7) is 8.09. The minimum absolute atomic E-state index is 0.297. The second-order valence-electron chi connectivity index (χ2n) is 7.16. The topological polar surface area (TPSA) is 12.0 Å². The molecule has 0 radical (unpaired) electrons. The third kappa shape index (κ3) is 3.23. The van der Waals surface area contributed by atoms with Gasteiger partial charge < -0.3 is 5.32 Å². The van der Waals surface area contributed by atoms with Crippen molar-refractivity contribution in [2.24, 2.45) is 11.3 Å². The summed E-state index contributed by atoms with van der Waals surface area (Å²) in [4.78, 5) is 0. The molecule has 2 saturated carbocycles. The number of rotatable bonds is 2. The average molecular weight is 223 g/mol. The van der Waals surface area contributed by atoms with Crippen LogP contribution in [0.5, 0.6) is 0 Å². The van der Waals surface area contributed by atoms with Crippen molar-refractivity contribution < 1.29 is 0 Å². The molecule has 1 heteroatoms. The van der Waals surface area contributed by atoms with E-state index >= 15 is 0 Å². The van der Waals surface area contributed by atoms with Gasteiger partial charge in [-0.05, 0) is 57.9 Å². The molecule has 1 atom stereocenters. The summed E-state index contributed by atoms with van der Waals surface area (Å²) in [5.41, 5.74) is 1.07. The fourth-order valence-electron chi connectivity index (χ4n) is 3.37. The maximum atomic E-state index is 3.69. The molecular formula is C15H29N. The highest BCUT2D eigenvalue weighted by Crippen LogP contribution is 2.59. The van der Waals surface area contributed by atoms with Gasteiger partial charge in [-0.25, -0.2) is 0 Å². The molecule has 0 aliphatic heterocycles. The van der Waals surface area contributed by atoms with Crippen molar-refractivity contribution in [3.8, 4) is 0 Å². The number of hydrogen-bond donors (Lipinski definition) is 1. The van der Waals surface area contributed by atoms with Gasteiger partial charge in [-0.2, -0.15) is 0 Å². The Bertz CT molecular complexity index is 218. The molecule has 2 aliphatic rings. The lowest BCUT2D eigenvalue weighted by molar-refractivity contribution is 0.311. The van der Waals surface area contributed by atoms with Crippen LogP contribution in [-0.2, 0) is 0 Å². The van der Waals surface area contributed by atoms with Gasteiger partial charge in [0.15, 0.2) is 0 Å². The average Bonchev–Trinajstić information content (AvgIpc) is 2.83. The van der Waals surface area contributed by atoms with E-state index in [9.17, 15) is 0 Å². The van der Waals surface area contributed by atoms with E-state index in [1.165, 1.54) is 57.9 Å². The Morgan fingerprint density at radius 1 is 1.00 bits per heavy atom.